The Morgan fingerprint density at radius 1 is 0.919 bits per heavy atom. The lowest BCUT2D eigenvalue weighted by molar-refractivity contribution is -0.138. The van der Waals surface area contributed by atoms with Crippen molar-refractivity contribution in [3.63, 3.8) is 0 Å². The van der Waals surface area contributed by atoms with E-state index >= 15 is 0 Å². The highest BCUT2D eigenvalue weighted by molar-refractivity contribution is 7.91. The summed E-state index contributed by atoms with van der Waals surface area (Å²) in [6.45, 7) is 0. The first kappa shape index (κ1) is 27.2. The summed E-state index contributed by atoms with van der Waals surface area (Å²) in [5.74, 6) is -0.879. The smallest absolute Gasteiger partial charge is 0.294 e. The fraction of sp³-hybridized carbons (Fsp3) is 0.269. The van der Waals surface area contributed by atoms with Crippen molar-refractivity contribution in [1.29, 1.82) is 0 Å². The van der Waals surface area contributed by atoms with Gasteiger partial charge in [0.25, 0.3) is 0 Å². The molecule has 196 valence electrons. The highest BCUT2D eigenvalue weighted by atomic mass is 35.5. The van der Waals surface area contributed by atoms with Gasteiger partial charge >= 0.3 is 12.4 Å². The van der Waals surface area contributed by atoms with Crippen LogP contribution in [0.1, 0.15) is 56.3 Å². The first-order valence-corrected chi connectivity index (χ1v) is 13.0. The van der Waals surface area contributed by atoms with Crippen LogP contribution in [0.25, 0.3) is 0 Å². The molecule has 0 aromatic heterocycles. The molecule has 1 unspecified atom stereocenters. The molecule has 1 aliphatic rings. The second-order valence-corrected chi connectivity index (χ2v) is 11.3. The monoisotopic (exact) mass is 560 g/mol. The first-order chi connectivity index (χ1) is 17.2. The number of hydrogen-bond donors (Lipinski definition) is 0. The molecule has 1 aliphatic carbocycles. The summed E-state index contributed by atoms with van der Waals surface area (Å²) in [5, 5.41) is -1.42. The fourth-order valence-electron chi connectivity index (χ4n) is 4.55. The molecular weight excluding hydrogens is 542 g/mol. The molecule has 37 heavy (non-hydrogen) atoms. The van der Waals surface area contributed by atoms with Gasteiger partial charge < -0.3 is 0 Å². The van der Waals surface area contributed by atoms with Crippen molar-refractivity contribution in [1.82, 2.24) is 0 Å². The van der Waals surface area contributed by atoms with Gasteiger partial charge in [-0.1, -0.05) is 35.9 Å². The van der Waals surface area contributed by atoms with Crippen molar-refractivity contribution in [2.24, 2.45) is 0 Å². The van der Waals surface area contributed by atoms with Crippen molar-refractivity contribution in [2.45, 2.75) is 48.2 Å². The van der Waals surface area contributed by atoms with Crippen LogP contribution in [0.3, 0.4) is 0 Å². The minimum atomic E-state index is -4.80. The summed E-state index contributed by atoms with van der Waals surface area (Å²) in [7, 11) is -4.09. The van der Waals surface area contributed by atoms with E-state index in [0.29, 0.717) is 41.7 Å². The lowest BCUT2D eigenvalue weighted by atomic mass is 9.88. The lowest BCUT2D eigenvalue weighted by Crippen LogP contribution is -2.20. The topological polar surface area (TPSA) is 51.2 Å². The van der Waals surface area contributed by atoms with Gasteiger partial charge in [-0.3, -0.25) is 4.79 Å². The molecule has 0 amide bonds. The van der Waals surface area contributed by atoms with E-state index in [2.05, 4.69) is 0 Å². The van der Waals surface area contributed by atoms with Crippen LogP contribution >= 0.6 is 11.6 Å². The summed E-state index contributed by atoms with van der Waals surface area (Å²) in [6, 6.07) is 10.9. The summed E-state index contributed by atoms with van der Waals surface area (Å²) < 4.78 is 106. The average Bonchev–Trinajstić information content (AvgIpc) is 2.82. The van der Waals surface area contributed by atoms with Gasteiger partial charge in [0.15, 0.2) is 15.6 Å². The SMILES string of the molecule is O=C(Cc1ccc2c(c1)C(S(=O)(=O)c1ccc(C(F)(F)F)cc1)CCC2)c1c(Cl)cccc1C(F)(F)F. The van der Waals surface area contributed by atoms with Gasteiger partial charge in [0.05, 0.1) is 26.3 Å². The summed E-state index contributed by atoms with van der Waals surface area (Å²) >= 11 is 5.93. The van der Waals surface area contributed by atoms with Gasteiger partial charge in [-0.25, -0.2) is 8.42 Å². The molecule has 0 radical (unpaired) electrons. The molecule has 1 atom stereocenters. The third-order valence-electron chi connectivity index (χ3n) is 6.32. The first-order valence-electron chi connectivity index (χ1n) is 11.1. The highest BCUT2D eigenvalue weighted by Crippen LogP contribution is 2.41. The molecule has 0 spiro atoms. The Hall–Kier alpha value is -2.85. The number of carbonyl (C=O) groups is 1. The van der Waals surface area contributed by atoms with E-state index in [4.69, 9.17) is 11.6 Å². The van der Waals surface area contributed by atoms with Crippen LogP contribution in [0, 0.1) is 0 Å². The summed E-state index contributed by atoms with van der Waals surface area (Å²) in [5.41, 5.74) is -1.43. The number of fused-ring (bicyclic) bond motifs is 1. The zero-order chi connectivity index (χ0) is 27.2. The number of sulfone groups is 1. The molecule has 3 aromatic carbocycles. The second-order valence-electron chi connectivity index (χ2n) is 8.74. The maximum absolute atomic E-state index is 13.4. The van der Waals surface area contributed by atoms with Crippen molar-refractivity contribution in [3.8, 4) is 0 Å². The van der Waals surface area contributed by atoms with Gasteiger partial charge in [0, 0.05) is 12.0 Å². The van der Waals surface area contributed by atoms with Crippen LogP contribution in [0.4, 0.5) is 26.3 Å². The number of rotatable bonds is 5. The zero-order valence-corrected chi connectivity index (χ0v) is 20.5. The maximum atomic E-state index is 13.4. The molecular formula is C26H19ClF6O3S. The zero-order valence-electron chi connectivity index (χ0n) is 19.0. The van der Waals surface area contributed by atoms with E-state index < -0.39 is 56.3 Å². The van der Waals surface area contributed by atoms with E-state index in [1.807, 2.05) is 0 Å². The Morgan fingerprint density at radius 3 is 2.22 bits per heavy atom. The van der Waals surface area contributed by atoms with E-state index in [1.54, 1.807) is 12.1 Å². The Morgan fingerprint density at radius 2 is 1.59 bits per heavy atom. The number of alkyl halides is 6. The highest BCUT2D eigenvalue weighted by Gasteiger charge is 2.37. The van der Waals surface area contributed by atoms with Gasteiger partial charge in [-0.05, 0) is 72.4 Å². The van der Waals surface area contributed by atoms with Gasteiger partial charge in [0.2, 0.25) is 0 Å². The number of Topliss-reactive ketones (excluding diaryl/α,β-unsaturated/α-hetero) is 1. The predicted molar refractivity (Wildman–Crippen MR) is 125 cm³/mol. The molecule has 0 saturated heterocycles. The van der Waals surface area contributed by atoms with Crippen LogP contribution in [0.5, 0.6) is 0 Å². The van der Waals surface area contributed by atoms with Crippen molar-refractivity contribution in [2.75, 3.05) is 0 Å². The number of hydrogen-bond acceptors (Lipinski definition) is 3. The van der Waals surface area contributed by atoms with Crippen LogP contribution in [0.15, 0.2) is 65.6 Å². The molecule has 3 aromatic rings. The van der Waals surface area contributed by atoms with Gasteiger partial charge in [-0.15, -0.1) is 0 Å². The lowest BCUT2D eigenvalue weighted by Gasteiger charge is -2.26. The van der Waals surface area contributed by atoms with E-state index in [-0.39, 0.29) is 16.3 Å². The summed E-state index contributed by atoms with van der Waals surface area (Å²) in [6.07, 6.45) is -8.60. The number of carbonyl (C=O) groups excluding carboxylic acids is 1. The number of aryl methyl sites for hydroxylation is 1. The molecule has 0 saturated carbocycles. The van der Waals surface area contributed by atoms with E-state index in [0.717, 1.165) is 24.3 Å². The second kappa shape index (κ2) is 9.79. The van der Waals surface area contributed by atoms with Gasteiger partial charge in [-0.2, -0.15) is 26.3 Å². The number of benzene rings is 3. The Kier molecular flexibility index (Phi) is 7.20. The van der Waals surface area contributed by atoms with E-state index in [1.165, 1.54) is 12.1 Å². The molecule has 11 heteroatoms. The average molecular weight is 561 g/mol. The van der Waals surface area contributed by atoms with E-state index in [9.17, 15) is 39.6 Å². The maximum Gasteiger partial charge on any atom is 0.417 e. The number of ketones is 1. The largest absolute Gasteiger partial charge is 0.417 e. The van der Waals surface area contributed by atoms with Crippen LogP contribution in [-0.2, 0) is 35.0 Å². The quantitative estimate of drug-likeness (QED) is 0.238. The third kappa shape index (κ3) is 5.55. The molecule has 0 fully saturated rings. The fourth-order valence-corrected chi connectivity index (χ4v) is 6.71. The third-order valence-corrected chi connectivity index (χ3v) is 8.80. The Labute approximate surface area is 214 Å². The van der Waals surface area contributed by atoms with Crippen LogP contribution in [-0.4, -0.2) is 14.2 Å². The molecule has 4 rings (SSSR count). The molecule has 0 bridgehead atoms. The van der Waals surface area contributed by atoms with Crippen molar-refractivity contribution in [3.05, 3.63) is 99.1 Å². The molecule has 0 N–H and O–H groups in total. The Bertz CT molecular complexity index is 1440. The molecule has 0 heterocycles. The van der Waals surface area contributed by atoms with Crippen LogP contribution in [0.2, 0.25) is 5.02 Å². The molecule has 0 aliphatic heterocycles. The van der Waals surface area contributed by atoms with Crippen LogP contribution < -0.4 is 0 Å². The van der Waals surface area contributed by atoms with Gasteiger partial charge in [0.1, 0.15) is 0 Å². The Balaban J connectivity index is 1.68. The minimum absolute atomic E-state index is 0.205. The van der Waals surface area contributed by atoms with Crippen molar-refractivity contribution < 1.29 is 39.6 Å². The predicted octanol–water partition coefficient (Wildman–Crippen LogP) is 7.65. The summed E-state index contributed by atoms with van der Waals surface area (Å²) in [4.78, 5) is 12.6. The number of halogens is 7. The minimum Gasteiger partial charge on any atom is -0.294 e. The standard InChI is InChI=1S/C26H19ClF6O3S/c27-21-5-2-4-20(26(31,32)33)24(21)22(34)14-15-7-8-16-3-1-6-23(19(16)13-15)37(35,36)18-11-9-17(10-12-18)25(28,29)30/h2,4-5,7-13,23H,1,3,6,14H2. The normalized spacial score (nSPS) is 16.4. The molecule has 3 nitrogen and oxygen atoms in total. The van der Waals surface area contributed by atoms with Crippen molar-refractivity contribution >= 4 is 27.2 Å².